The number of rotatable bonds is 0. The fourth-order valence-electron chi connectivity index (χ4n) is 0.549. The summed E-state index contributed by atoms with van der Waals surface area (Å²) in [6.07, 6.45) is 0. The lowest BCUT2D eigenvalue weighted by Gasteiger charge is -1.88. The smallest absolute Gasteiger partial charge is 0.345 e. The number of esters is 1. The molecule has 0 radical (unpaired) electrons. The molecule has 1 unspecified atom stereocenters. The third-order valence-electron chi connectivity index (χ3n) is 1.11. The molecular formula is C5H6O2S. The van der Waals surface area contributed by atoms with E-state index >= 15 is 0 Å². The van der Waals surface area contributed by atoms with Gasteiger partial charge in [-0.25, -0.2) is 4.79 Å². The summed E-state index contributed by atoms with van der Waals surface area (Å²) in [7, 11) is 0. The highest BCUT2D eigenvalue weighted by Gasteiger charge is 2.26. The van der Waals surface area contributed by atoms with Crippen LogP contribution < -0.4 is 0 Å². The monoisotopic (exact) mass is 130 g/mol. The summed E-state index contributed by atoms with van der Waals surface area (Å²) in [6.45, 7) is 2.35. The maximum Gasteiger partial charge on any atom is 0.345 e. The molecule has 0 N–H and O–H groups in total. The second-order valence-electron chi connectivity index (χ2n) is 1.86. The first-order valence-corrected chi connectivity index (χ1v) is 2.83. The third kappa shape index (κ3) is 0.733. The van der Waals surface area contributed by atoms with E-state index in [0.29, 0.717) is 11.5 Å². The van der Waals surface area contributed by atoms with Crippen molar-refractivity contribution < 1.29 is 9.53 Å². The molecule has 8 heavy (non-hydrogen) atoms. The number of thiocarbonyl (C=S) groups is 1. The summed E-state index contributed by atoms with van der Waals surface area (Å²) in [6, 6.07) is 0. The second-order valence-corrected chi connectivity index (χ2v) is 2.30. The number of ether oxygens (including phenoxy) is 1. The van der Waals surface area contributed by atoms with Crippen LogP contribution in [-0.2, 0) is 9.53 Å². The Labute approximate surface area is 52.8 Å². The number of carbonyl (C=O) groups excluding carboxylic acids is 1. The predicted molar refractivity (Wildman–Crippen MR) is 32.7 cm³/mol. The molecule has 44 valence electrons. The lowest BCUT2D eigenvalue weighted by Crippen LogP contribution is -2.07. The lowest BCUT2D eigenvalue weighted by atomic mass is 10.2. The molecule has 2 nitrogen and oxygen atoms in total. The molecule has 1 atom stereocenters. The van der Waals surface area contributed by atoms with Crippen molar-refractivity contribution >= 4 is 23.1 Å². The maximum absolute atomic E-state index is 10.4. The number of cyclic esters (lactones) is 1. The van der Waals surface area contributed by atoms with Crippen LogP contribution in [0.1, 0.15) is 6.92 Å². The largest absolute Gasteiger partial charge is 0.461 e. The van der Waals surface area contributed by atoms with Gasteiger partial charge in [0.15, 0.2) is 0 Å². The van der Waals surface area contributed by atoms with E-state index in [4.69, 9.17) is 0 Å². The molecule has 3 heteroatoms. The molecule has 0 amide bonds. The highest BCUT2D eigenvalue weighted by Crippen LogP contribution is 2.09. The summed E-state index contributed by atoms with van der Waals surface area (Å²) < 4.78 is 4.60. The Balaban J connectivity index is 2.71. The van der Waals surface area contributed by atoms with Crippen LogP contribution >= 0.6 is 12.2 Å². The van der Waals surface area contributed by atoms with Crippen LogP contribution in [0.3, 0.4) is 0 Å². The Morgan fingerprint density at radius 3 is 2.62 bits per heavy atom. The van der Waals surface area contributed by atoms with Gasteiger partial charge in [-0.2, -0.15) is 0 Å². The Morgan fingerprint density at radius 1 is 1.88 bits per heavy atom. The summed E-state index contributed by atoms with van der Waals surface area (Å²) in [5.41, 5.74) is 0. The third-order valence-corrected chi connectivity index (χ3v) is 1.68. The minimum absolute atomic E-state index is 0.150. The molecule has 0 spiro atoms. The molecule has 0 aromatic rings. The molecule has 1 fully saturated rings. The molecule has 0 aliphatic carbocycles. The van der Waals surface area contributed by atoms with Gasteiger partial charge in [-0.15, -0.1) is 0 Å². The number of hydrogen-bond acceptors (Lipinski definition) is 3. The highest BCUT2D eigenvalue weighted by molar-refractivity contribution is 7.82. The first-order chi connectivity index (χ1) is 3.72. The van der Waals surface area contributed by atoms with E-state index in [-0.39, 0.29) is 11.9 Å². The maximum atomic E-state index is 10.4. The van der Waals surface area contributed by atoms with Gasteiger partial charge >= 0.3 is 5.97 Å². The van der Waals surface area contributed by atoms with Crippen LogP contribution in [0.2, 0.25) is 0 Å². The van der Waals surface area contributed by atoms with Crippen LogP contribution in [0.4, 0.5) is 0 Å². The second kappa shape index (κ2) is 1.82. The SMILES string of the molecule is CC1COC(=O)C1=S. The van der Waals surface area contributed by atoms with Gasteiger partial charge in [0, 0.05) is 5.92 Å². The van der Waals surface area contributed by atoms with Crippen LogP contribution in [0.5, 0.6) is 0 Å². The van der Waals surface area contributed by atoms with E-state index in [1.54, 1.807) is 0 Å². The molecular weight excluding hydrogens is 124 g/mol. The van der Waals surface area contributed by atoms with E-state index in [2.05, 4.69) is 17.0 Å². The van der Waals surface area contributed by atoms with Crippen molar-refractivity contribution in [3.05, 3.63) is 0 Å². The van der Waals surface area contributed by atoms with Crippen molar-refractivity contribution in [1.82, 2.24) is 0 Å². The van der Waals surface area contributed by atoms with Crippen molar-refractivity contribution in [2.24, 2.45) is 5.92 Å². The van der Waals surface area contributed by atoms with Gasteiger partial charge in [-0.1, -0.05) is 19.1 Å². The van der Waals surface area contributed by atoms with Gasteiger partial charge in [0.1, 0.15) is 4.86 Å². The van der Waals surface area contributed by atoms with Crippen molar-refractivity contribution in [3.63, 3.8) is 0 Å². The van der Waals surface area contributed by atoms with Crippen molar-refractivity contribution in [2.75, 3.05) is 6.61 Å². The highest BCUT2D eigenvalue weighted by atomic mass is 32.1. The normalized spacial score (nSPS) is 28.4. The van der Waals surface area contributed by atoms with Crippen molar-refractivity contribution in [2.45, 2.75) is 6.92 Å². The summed E-state index contributed by atoms with van der Waals surface area (Å²) in [5, 5.41) is 0. The van der Waals surface area contributed by atoms with Gasteiger partial charge in [-0.3, -0.25) is 0 Å². The minimum atomic E-state index is -0.312. The molecule has 1 heterocycles. The molecule has 0 aromatic carbocycles. The summed E-state index contributed by atoms with van der Waals surface area (Å²) in [5.74, 6) is -0.162. The minimum Gasteiger partial charge on any atom is -0.461 e. The van der Waals surface area contributed by atoms with Crippen molar-refractivity contribution in [1.29, 1.82) is 0 Å². The average Bonchev–Trinajstić information content (AvgIpc) is 1.98. The summed E-state index contributed by atoms with van der Waals surface area (Å²) >= 11 is 4.69. The lowest BCUT2D eigenvalue weighted by molar-refractivity contribution is -0.132. The average molecular weight is 130 g/mol. The zero-order valence-electron chi connectivity index (χ0n) is 4.51. The van der Waals surface area contributed by atoms with Crippen LogP contribution in [0.15, 0.2) is 0 Å². The molecule has 1 aliphatic rings. The Hall–Kier alpha value is -0.440. The Bertz CT molecular complexity index is 141. The molecule has 0 bridgehead atoms. The molecule has 1 saturated heterocycles. The van der Waals surface area contributed by atoms with Gasteiger partial charge in [0.05, 0.1) is 6.61 Å². The molecule has 0 saturated carbocycles. The Kier molecular flexibility index (Phi) is 1.29. The van der Waals surface area contributed by atoms with E-state index in [9.17, 15) is 4.79 Å². The van der Waals surface area contributed by atoms with Gasteiger partial charge in [0.25, 0.3) is 0 Å². The van der Waals surface area contributed by atoms with Gasteiger partial charge < -0.3 is 4.74 Å². The van der Waals surface area contributed by atoms with Gasteiger partial charge in [0.2, 0.25) is 0 Å². The first-order valence-electron chi connectivity index (χ1n) is 2.43. The quantitative estimate of drug-likeness (QED) is 0.354. The topological polar surface area (TPSA) is 26.3 Å². The van der Waals surface area contributed by atoms with E-state index in [1.807, 2.05) is 6.92 Å². The number of hydrogen-bond donors (Lipinski definition) is 0. The van der Waals surface area contributed by atoms with Crippen molar-refractivity contribution in [3.8, 4) is 0 Å². The van der Waals surface area contributed by atoms with E-state index in [0.717, 1.165) is 0 Å². The molecule has 0 aromatic heterocycles. The molecule has 1 rings (SSSR count). The zero-order valence-corrected chi connectivity index (χ0v) is 5.33. The predicted octanol–water partition coefficient (Wildman–Crippen LogP) is 0.549. The van der Waals surface area contributed by atoms with Crippen LogP contribution in [-0.4, -0.2) is 17.4 Å². The fourth-order valence-corrected chi connectivity index (χ4v) is 0.676. The van der Waals surface area contributed by atoms with Crippen LogP contribution in [0.25, 0.3) is 0 Å². The van der Waals surface area contributed by atoms with E-state index < -0.39 is 0 Å². The molecule has 1 aliphatic heterocycles. The van der Waals surface area contributed by atoms with Crippen LogP contribution in [0, 0.1) is 5.92 Å². The Morgan fingerprint density at radius 2 is 2.50 bits per heavy atom. The van der Waals surface area contributed by atoms with E-state index in [1.165, 1.54) is 0 Å². The number of carbonyl (C=O) groups is 1. The van der Waals surface area contributed by atoms with Gasteiger partial charge in [-0.05, 0) is 0 Å². The fraction of sp³-hybridized carbons (Fsp3) is 0.600. The first kappa shape index (κ1) is 5.69. The standard InChI is InChI=1S/C5H6O2S/c1-3-2-7-5(6)4(3)8/h3H,2H2,1H3. The zero-order chi connectivity index (χ0) is 6.15. The summed E-state index contributed by atoms with van der Waals surface area (Å²) in [4.78, 5) is 10.9.